The largest absolute Gasteiger partial charge is 0.351 e. The standard InChI is InChI=1S/C21H28N2O2/c24-20-13-7-6-12-18-17(22-20)14-19(15-8-2-1-3-9-15)23(18)21(25)16-10-4-5-11-16/h1-3,8-9,16-19H,4-7,10-14H2,(H,22,24)/t17-,18+,19+/m1/s1. The van der Waals surface area contributed by atoms with E-state index in [-0.39, 0.29) is 30.0 Å². The molecule has 4 rings (SSSR count). The number of fused-ring (bicyclic) bond motifs is 1. The molecule has 0 radical (unpaired) electrons. The fraction of sp³-hybridized carbons (Fsp3) is 0.619. The Hall–Kier alpha value is -1.84. The Morgan fingerprint density at radius 3 is 2.48 bits per heavy atom. The molecule has 1 N–H and O–H groups in total. The molecule has 134 valence electrons. The summed E-state index contributed by atoms with van der Waals surface area (Å²) in [5, 5.41) is 3.22. The van der Waals surface area contributed by atoms with E-state index in [0.29, 0.717) is 12.3 Å². The van der Waals surface area contributed by atoms with Gasteiger partial charge in [0.2, 0.25) is 11.8 Å². The van der Waals surface area contributed by atoms with Gasteiger partial charge in [-0.05, 0) is 37.7 Å². The van der Waals surface area contributed by atoms with Crippen LogP contribution in [0, 0.1) is 5.92 Å². The van der Waals surface area contributed by atoms with Gasteiger partial charge in [0.15, 0.2) is 0 Å². The highest BCUT2D eigenvalue weighted by molar-refractivity contribution is 5.81. The summed E-state index contributed by atoms with van der Waals surface area (Å²) in [5.74, 6) is 0.663. The molecule has 0 unspecified atom stereocenters. The van der Waals surface area contributed by atoms with Gasteiger partial charge in [-0.3, -0.25) is 9.59 Å². The monoisotopic (exact) mass is 340 g/mol. The van der Waals surface area contributed by atoms with Gasteiger partial charge in [-0.2, -0.15) is 0 Å². The van der Waals surface area contributed by atoms with Crippen LogP contribution in [0.2, 0.25) is 0 Å². The summed E-state index contributed by atoms with van der Waals surface area (Å²) >= 11 is 0. The third-order valence-electron chi connectivity index (χ3n) is 6.28. The molecule has 3 atom stereocenters. The summed E-state index contributed by atoms with van der Waals surface area (Å²) in [5.41, 5.74) is 1.20. The number of carbonyl (C=O) groups is 2. The quantitative estimate of drug-likeness (QED) is 0.894. The van der Waals surface area contributed by atoms with Crippen LogP contribution in [0.4, 0.5) is 0 Å². The molecule has 4 nitrogen and oxygen atoms in total. The van der Waals surface area contributed by atoms with E-state index in [1.807, 2.05) is 18.2 Å². The molecule has 3 aliphatic rings. The number of benzene rings is 1. The average Bonchev–Trinajstić information content (AvgIpc) is 3.26. The highest BCUT2D eigenvalue weighted by Gasteiger charge is 2.46. The van der Waals surface area contributed by atoms with E-state index in [1.165, 1.54) is 18.4 Å². The Bertz CT molecular complexity index is 624. The molecule has 4 heteroatoms. The van der Waals surface area contributed by atoms with Crippen LogP contribution in [0.1, 0.15) is 69.4 Å². The van der Waals surface area contributed by atoms with E-state index in [9.17, 15) is 9.59 Å². The van der Waals surface area contributed by atoms with Gasteiger partial charge in [-0.15, -0.1) is 0 Å². The number of carbonyl (C=O) groups excluding carboxylic acids is 2. The molecular formula is C21H28N2O2. The van der Waals surface area contributed by atoms with Crippen LogP contribution >= 0.6 is 0 Å². The zero-order chi connectivity index (χ0) is 17.2. The van der Waals surface area contributed by atoms with E-state index < -0.39 is 0 Å². The Morgan fingerprint density at radius 1 is 1.00 bits per heavy atom. The predicted molar refractivity (Wildman–Crippen MR) is 96.8 cm³/mol. The summed E-state index contributed by atoms with van der Waals surface area (Å²) in [7, 11) is 0. The van der Waals surface area contributed by atoms with Crippen molar-refractivity contribution in [3.63, 3.8) is 0 Å². The van der Waals surface area contributed by atoms with Gasteiger partial charge in [0.25, 0.3) is 0 Å². The average molecular weight is 340 g/mol. The molecule has 2 aliphatic heterocycles. The third-order valence-corrected chi connectivity index (χ3v) is 6.28. The van der Waals surface area contributed by atoms with E-state index in [2.05, 4.69) is 22.3 Å². The van der Waals surface area contributed by atoms with Crippen molar-refractivity contribution in [1.29, 1.82) is 0 Å². The third kappa shape index (κ3) is 3.31. The van der Waals surface area contributed by atoms with Gasteiger partial charge in [-0.25, -0.2) is 0 Å². The van der Waals surface area contributed by atoms with E-state index in [0.717, 1.165) is 38.5 Å². The Kier molecular flexibility index (Phi) is 4.78. The number of amides is 2. The second-order valence-electron chi connectivity index (χ2n) is 7.88. The zero-order valence-electron chi connectivity index (χ0n) is 14.8. The number of rotatable bonds is 2. The van der Waals surface area contributed by atoms with Crippen LogP contribution in [0.5, 0.6) is 0 Å². The minimum absolute atomic E-state index is 0.0997. The van der Waals surface area contributed by atoms with Crippen molar-refractivity contribution in [3.8, 4) is 0 Å². The van der Waals surface area contributed by atoms with Crippen LogP contribution in [0.3, 0.4) is 0 Å². The van der Waals surface area contributed by atoms with E-state index in [4.69, 9.17) is 0 Å². The summed E-state index contributed by atoms with van der Waals surface area (Å²) in [6, 6.07) is 10.7. The lowest BCUT2D eigenvalue weighted by Gasteiger charge is -2.35. The van der Waals surface area contributed by atoms with Crippen LogP contribution < -0.4 is 5.32 Å². The fourth-order valence-electron chi connectivity index (χ4n) is 5.02. The molecule has 1 saturated carbocycles. The van der Waals surface area contributed by atoms with Crippen molar-refractivity contribution in [2.24, 2.45) is 5.92 Å². The van der Waals surface area contributed by atoms with Gasteiger partial charge >= 0.3 is 0 Å². The first-order valence-electron chi connectivity index (χ1n) is 9.90. The van der Waals surface area contributed by atoms with Crippen molar-refractivity contribution in [1.82, 2.24) is 10.2 Å². The van der Waals surface area contributed by atoms with Gasteiger partial charge in [0, 0.05) is 12.3 Å². The Labute approximate surface area is 150 Å². The number of nitrogens with one attached hydrogen (secondary N) is 1. The first kappa shape index (κ1) is 16.6. The lowest BCUT2D eigenvalue weighted by molar-refractivity contribution is -0.139. The Morgan fingerprint density at radius 2 is 1.72 bits per heavy atom. The molecule has 0 aromatic heterocycles. The zero-order valence-corrected chi connectivity index (χ0v) is 14.8. The normalized spacial score (nSPS) is 30.5. The van der Waals surface area contributed by atoms with Gasteiger partial charge in [0.1, 0.15) is 0 Å². The van der Waals surface area contributed by atoms with Crippen molar-refractivity contribution in [2.45, 2.75) is 75.9 Å². The number of likely N-dealkylation sites (tertiary alicyclic amines) is 1. The molecule has 2 saturated heterocycles. The number of nitrogens with zero attached hydrogens (tertiary/aromatic N) is 1. The predicted octanol–water partition coefficient (Wildman–Crippen LogP) is 3.58. The summed E-state index contributed by atoms with van der Waals surface area (Å²) in [4.78, 5) is 27.7. The van der Waals surface area contributed by atoms with E-state index in [1.54, 1.807) is 0 Å². The molecular weight excluding hydrogens is 312 g/mol. The number of hydrogen-bond donors (Lipinski definition) is 1. The summed E-state index contributed by atoms with van der Waals surface area (Å²) in [6.45, 7) is 0. The van der Waals surface area contributed by atoms with Crippen molar-refractivity contribution in [2.75, 3.05) is 0 Å². The minimum Gasteiger partial charge on any atom is -0.351 e. The van der Waals surface area contributed by atoms with Gasteiger partial charge in [0.05, 0.1) is 18.1 Å². The fourth-order valence-corrected chi connectivity index (χ4v) is 5.02. The molecule has 0 bridgehead atoms. The maximum Gasteiger partial charge on any atom is 0.226 e. The van der Waals surface area contributed by atoms with Gasteiger partial charge < -0.3 is 10.2 Å². The second-order valence-corrected chi connectivity index (χ2v) is 7.88. The van der Waals surface area contributed by atoms with Crippen LogP contribution in [0.25, 0.3) is 0 Å². The highest BCUT2D eigenvalue weighted by Crippen LogP contribution is 2.41. The smallest absolute Gasteiger partial charge is 0.226 e. The SMILES string of the molecule is O=C1CCCC[C@H]2[C@@H](C[C@@H](c3ccccc3)N2C(=O)C2CCCC2)N1. The maximum atomic E-state index is 13.4. The molecule has 2 amide bonds. The highest BCUT2D eigenvalue weighted by atomic mass is 16.2. The lowest BCUT2D eigenvalue weighted by Crippen LogP contribution is -2.49. The topological polar surface area (TPSA) is 49.4 Å². The van der Waals surface area contributed by atoms with Crippen molar-refractivity contribution >= 4 is 11.8 Å². The molecule has 1 aromatic carbocycles. The minimum atomic E-state index is 0.0997. The molecule has 2 heterocycles. The lowest BCUT2D eigenvalue weighted by atomic mass is 9.97. The first-order chi connectivity index (χ1) is 12.2. The van der Waals surface area contributed by atoms with Gasteiger partial charge in [-0.1, -0.05) is 49.6 Å². The van der Waals surface area contributed by atoms with Crippen molar-refractivity contribution in [3.05, 3.63) is 35.9 Å². The second kappa shape index (κ2) is 7.19. The molecule has 25 heavy (non-hydrogen) atoms. The van der Waals surface area contributed by atoms with Crippen LogP contribution in [-0.2, 0) is 9.59 Å². The molecule has 0 spiro atoms. The molecule has 1 aromatic rings. The maximum absolute atomic E-state index is 13.4. The summed E-state index contributed by atoms with van der Waals surface area (Å²) < 4.78 is 0. The molecule has 1 aliphatic carbocycles. The van der Waals surface area contributed by atoms with Crippen LogP contribution in [0.15, 0.2) is 30.3 Å². The van der Waals surface area contributed by atoms with Crippen molar-refractivity contribution < 1.29 is 9.59 Å². The Balaban J connectivity index is 1.66. The summed E-state index contributed by atoms with van der Waals surface area (Å²) in [6.07, 6.45) is 8.83. The molecule has 3 fully saturated rings. The first-order valence-corrected chi connectivity index (χ1v) is 9.90. The van der Waals surface area contributed by atoms with Crippen LogP contribution in [-0.4, -0.2) is 28.8 Å². The van der Waals surface area contributed by atoms with E-state index >= 15 is 0 Å². The number of hydrogen-bond acceptors (Lipinski definition) is 2.